The van der Waals surface area contributed by atoms with Crippen molar-refractivity contribution >= 4 is 28.6 Å². The van der Waals surface area contributed by atoms with E-state index in [1.54, 1.807) is 11.0 Å². The lowest BCUT2D eigenvalue weighted by molar-refractivity contribution is 0.515. The molecule has 0 spiro atoms. The monoisotopic (exact) mass is 263 g/mol. The van der Waals surface area contributed by atoms with E-state index < -0.39 is 0 Å². The summed E-state index contributed by atoms with van der Waals surface area (Å²) in [6, 6.07) is 0. The molecule has 6 heteroatoms. The normalized spacial score (nSPS) is 17.2. The van der Waals surface area contributed by atoms with E-state index in [1.165, 1.54) is 24.3 Å². The van der Waals surface area contributed by atoms with E-state index in [0.717, 1.165) is 29.3 Å². The van der Waals surface area contributed by atoms with Crippen molar-refractivity contribution < 1.29 is 0 Å². The van der Waals surface area contributed by atoms with Crippen LogP contribution in [0.5, 0.6) is 0 Å². The Bertz CT molecular complexity index is 532. The van der Waals surface area contributed by atoms with E-state index >= 15 is 0 Å². The molecule has 2 aromatic rings. The fourth-order valence-electron chi connectivity index (χ4n) is 2.29. The van der Waals surface area contributed by atoms with E-state index in [-0.39, 0.29) is 0 Å². The molecule has 1 aliphatic heterocycles. The van der Waals surface area contributed by atoms with Crippen molar-refractivity contribution in [2.45, 2.75) is 12.8 Å². The number of nitrogens with one attached hydrogen (secondary N) is 1. The van der Waals surface area contributed by atoms with Crippen molar-refractivity contribution in [1.29, 1.82) is 0 Å². The van der Waals surface area contributed by atoms with Crippen LogP contribution in [0.2, 0.25) is 0 Å². The topological polar surface area (TPSA) is 55.6 Å². The summed E-state index contributed by atoms with van der Waals surface area (Å²) in [5.41, 5.74) is 0.881. The van der Waals surface area contributed by atoms with Crippen molar-refractivity contribution in [2.24, 2.45) is 13.0 Å². The molecule has 2 aromatic heterocycles. The molecule has 0 saturated carbocycles. The van der Waals surface area contributed by atoms with Gasteiger partial charge < -0.3 is 5.32 Å². The van der Waals surface area contributed by atoms with Crippen LogP contribution in [0.1, 0.15) is 12.8 Å². The molecule has 0 aliphatic carbocycles. The molecule has 0 bridgehead atoms. The maximum Gasteiger partial charge on any atom is 0.163 e. The lowest BCUT2D eigenvalue weighted by Gasteiger charge is -2.21. The van der Waals surface area contributed by atoms with E-state index in [0.29, 0.717) is 0 Å². The molecule has 1 saturated heterocycles. The third kappa shape index (κ3) is 2.29. The van der Waals surface area contributed by atoms with Crippen LogP contribution in [0.25, 0.3) is 11.0 Å². The average molecular weight is 263 g/mol. The van der Waals surface area contributed by atoms with Gasteiger partial charge in [0.1, 0.15) is 12.1 Å². The molecule has 0 radical (unpaired) electrons. The van der Waals surface area contributed by atoms with Crippen LogP contribution in [-0.2, 0) is 7.05 Å². The molecule has 3 rings (SSSR count). The minimum absolute atomic E-state index is 0.771. The maximum atomic E-state index is 4.32. The number of fused-ring (bicyclic) bond motifs is 1. The Labute approximate surface area is 110 Å². The molecule has 96 valence electrons. The zero-order valence-electron chi connectivity index (χ0n) is 10.5. The summed E-state index contributed by atoms with van der Waals surface area (Å²) in [4.78, 5) is 8.57. The smallest absolute Gasteiger partial charge is 0.163 e. The Morgan fingerprint density at radius 2 is 2.22 bits per heavy atom. The second-order valence-electron chi connectivity index (χ2n) is 4.66. The van der Waals surface area contributed by atoms with Crippen LogP contribution in [0.15, 0.2) is 12.5 Å². The number of aryl methyl sites for hydroxylation is 1. The molecule has 18 heavy (non-hydrogen) atoms. The van der Waals surface area contributed by atoms with E-state index in [1.807, 2.05) is 13.2 Å². The van der Waals surface area contributed by atoms with Crippen molar-refractivity contribution in [3.63, 3.8) is 0 Å². The number of rotatable bonds is 3. The summed E-state index contributed by atoms with van der Waals surface area (Å²) in [5, 5.41) is 8.68. The SMILES string of the molecule is Cn1ncc2c(NCC3CCSCC3)ncnc21. The highest BCUT2D eigenvalue weighted by atomic mass is 32.2. The largest absolute Gasteiger partial charge is 0.369 e. The fourth-order valence-corrected chi connectivity index (χ4v) is 3.50. The number of thioether (sulfide) groups is 1. The van der Waals surface area contributed by atoms with Gasteiger partial charge in [0, 0.05) is 13.6 Å². The third-order valence-corrected chi connectivity index (χ3v) is 4.48. The Hall–Kier alpha value is -1.30. The first kappa shape index (κ1) is 11.8. The standard InChI is InChI=1S/C12H17N5S/c1-17-12-10(7-16-17)11(14-8-15-12)13-6-9-2-4-18-5-3-9/h7-9H,2-6H2,1H3,(H,13,14,15). The molecule has 5 nitrogen and oxygen atoms in total. The Morgan fingerprint density at radius 1 is 1.39 bits per heavy atom. The van der Waals surface area contributed by atoms with E-state index in [4.69, 9.17) is 0 Å². The summed E-state index contributed by atoms with van der Waals surface area (Å²) >= 11 is 2.06. The van der Waals surface area contributed by atoms with Gasteiger partial charge >= 0.3 is 0 Å². The fraction of sp³-hybridized carbons (Fsp3) is 0.583. The van der Waals surface area contributed by atoms with Gasteiger partial charge in [-0.3, -0.25) is 4.68 Å². The van der Waals surface area contributed by atoms with Crippen LogP contribution in [0.3, 0.4) is 0 Å². The van der Waals surface area contributed by atoms with E-state index in [2.05, 4.69) is 32.1 Å². The molecule has 0 atom stereocenters. The quantitative estimate of drug-likeness (QED) is 0.917. The third-order valence-electron chi connectivity index (χ3n) is 3.43. The van der Waals surface area contributed by atoms with Gasteiger partial charge in [0.25, 0.3) is 0 Å². The van der Waals surface area contributed by atoms with Gasteiger partial charge in [0.15, 0.2) is 5.65 Å². The first-order chi connectivity index (χ1) is 8.84. The van der Waals surface area contributed by atoms with Crippen molar-refractivity contribution in [2.75, 3.05) is 23.4 Å². The second-order valence-corrected chi connectivity index (χ2v) is 5.89. The van der Waals surface area contributed by atoms with Crippen LogP contribution in [-0.4, -0.2) is 37.8 Å². The molecule has 1 aliphatic rings. The zero-order valence-corrected chi connectivity index (χ0v) is 11.3. The van der Waals surface area contributed by atoms with Gasteiger partial charge in [0.05, 0.1) is 11.6 Å². The Kier molecular flexibility index (Phi) is 3.36. The molecule has 3 heterocycles. The molecular weight excluding hydrogens is 246 g/mol. The number of anilines is 1. The van der Waals surface area contributed by atoms with Gasteiger partial charge in [-0.05, 0) is 30.3 Å². The Balaban J connectivity index is 1.74. The van der Waals surface area contributed by atoms with Crippen LogP contribution in [0, 0.1) is 5.92 Å². The lowest BCUT2D eigenvalue weighted by Crippen LogP contribution is -2.19. The molecule has 0 aromatic carbocycles. The highest BCUT2D eigenvalue weighted by molar-refractivity contribution is 7.99. The van der Waals surface area contributed by atoms with Crippen LogP contribution in [0.4, 0.5) is 5.82 Å². The van der Waals surface area contributed by atoms with Crippen molar-refractivity contribution in [3.8, 4) is 0 Å². The maximum absolute atomic E-state index is 4.32. The molecule has 0 unspecified atom stereocenters. The molecular formula is C12H17N5S. The average Bonchev–Trinajstić information content (AvgIpc) is 2.80. The van der Waals surface area contributed by atoms with Crippen molar-refractivity contribution in [1.82, 2.24) is 19.7 Å². The van der Waals surface area contributed by atoms with Gasteiger partial charge in [-0.15, -0.1) is 0 Å². The number of hydrogen-bond donors (Lipinski definition) is 1. The second kappa shape index (κ2) is 5.14. The Morgan fingerprint density at radius 3 is 3.06 bits per heavy atom. The number of aromatic nitrogens is 4. The highest BCUT2D eigenvalue weighted by Crippen LogP contribution is 2.24. The number of nitrogens with zero attached hydrogens (tertiary/aromatic N) is 4. The minimum atomic E-state index is 0.771. The van der Waals surface area contributed by atoms with Crippen molar-refractivity contribution in [3.05, 3.63) is 12.5 Å². The highest BCUT2D eigenvalue weighted by Gasteiger charge is 2.14. The van der Waals surface area contributed by atoms with Crippen LogP contribution < -0.4 is 5.32 Å². The zero-order chi connectivity index (χ0) is 12.4. The van der Waals surface area contributed by atoms with Gasteiger partial charge in [-0.25, -0.2) is 9.97 Å². The summed E-state index contributed by atoms with van der Waals surface area (Å²) in [6.07, 6.45) is 6.04. The van der Waals surface area contributed by atoms with Gasteiger partial charge in [-0.1, -0.05) is 0 Å². The predicted molar refractivity (Wildman–Crippen MR) is 74.8 cm³/mol. The molecule has 0 amide bonds. The summed E-state index contributed by atoms with van der Waals surface area (Å²) in [5.74, 6) is 4.26. The summed E-state index contributed by atoms with van der Waals surface area (Å²) < 4.78 is 1.78. The molecule has 1 N–H and O–H groups in total. The first-order valence-corrected chi connectivity index (χ1v) is 7.44. The first-order valence-electron chi connectivity index (χ1n) is 6.29. The summed E-state index contributed by atoms with van der Waals surface area (Å²) in [7, 11) is 1.90. The van der Waals surface area contributed by atoms with Gasteiger partial charge in [-0.2, -0.15) is 16.9 Å². The van der Waals surface area contributed by atoms with E-state index in [9.17, 15) is 0 Å². The molecule has 1 fully saturated rings. The summed E-state index contributed by atoms with van der Waals surface area (Å²) in [6.45, 7) is 1.00. The predicted octanol–water partition coefficient (Wildman–Crippen LogP) is 1.92. The van der Waals surface area contributed by atoms with Gasteiger partial charge in [0.2, 0.25) is 0 Å². The van der Waals surface area contributed by atoms with Crippen LogP contribution >= 0.6 is 11.8 Å². The minimum Gasteiger partial charge on any atom is -0.369 e. The lowest BCUT2D eigenvalue weighted by atomic mass is 10.0. The number of hydrogen-bond acceptors (Lipinski definition) is 5.